The summed E-state index contributed by atoms with van der Waals surface area (Å²) in [4.78, 5) is 20.7. The fourth-order valence-corrected chi connectivity index (χ4v) is 1.62. The molecule has 0 aromatic carbocycles. The molecule has 0 saturated carbocycles. The topological polar surface area (TPSA) is 72.8 Å². The zero-order valence-corrected chi connectivity index (χ0v) is 9.92. The fraction of sp³-hybridized carbons (Fsp3) is 0.154. The Hall–Kier alpha value is -2.61. The summed E-state index contributed by atoms with van der Waals surface area (Å²) >= 11 is 0. The summed E-state index contributed by atoms with van der Waals surface area (Å²) < 4.78 is 0. The first-order valence-corrected chi connectivity index (χ1v) is 5.45. The number of amides is 1. The van der Waals surface area contributed by atoms with Crippen LogP contribution >= 0.6 is 0 Å². The van der Waals surface area contributed by atoms with Crippen molar-refractivity contribution in [1.29, 1.82) is 5.26 Å². The lowest BCUT2D eigenvalue weighted by atomic mass is 10.2. The van der Waals surface area contributed by atoms with Gasteiger partial charge in [-0.3, -0.25) is 9.78 Å². The van der Waals surface area contributed by atoms with Gasteiger partial charge in [-0.05, 0) is 18.2 Å². The Balaban J connectivity index is 2.24. The molecule has 0 bridgehead atoms. The first-order valence-electron chi connectivity index (χ1n) is 5.45. The Bertz CT molecular complexity index is 583. The van der Waals surface area contributed by atoms with Crippen molar-refractivity contribution in [2.24, 2.45) is 0 Å². The largest absolute Gasteiger partial charge is 0.366 e. The third kappa shape index (κ3) is 2.38. The van der Waals surface area contributed by atoms with E-state index >= 15 is 0 Å². The molecule has 90 valence electrons. The Labute approximate surface area is 105 Å². The van der Waals surface area contributed by atoms with Crippen LogP contribution in [0.4, 0.5) is 5.69 Å². The molecule has 18 heavy (non-hydrogen) atoms. The van der Waals surface area contributed by atoms with Crippen molar-refractivity contribution in [3.05, 3.63) is 48.0 Å². The smallest absolute Gasteiger partial charge is 0.258 e. The summed E-state index contributed by atoms with van der Waals surface area (Å²) in [6, 6.07) is 7.12. The number of nitriles is 1. The van der Waals surface area contributed by atoms with E-state index in [1.54, 1.807) is 42.7 Å². The lowest BCUT2D eigenvalue weighted by Gasteiger charge is -2.15. The van der Waals surface area contributed by atoms with Crippen molar-refractivity contribution in [3.63, 3.8) is 0 Å². The van der Waals surface area contributed by atoms with Crippen molar-refractivity contribution in [2.45, 2.75) is 6.42 Å². The van der Waals surface area contributed by atoms with Gasteiger partial charge in [-0.2, -0.15) is 5.26 Å². The molecule has 0 atom stereocenters. The van der Waals surface area contributed by atoms with Crippen molar-refractivity contribution >= 4 is 11.6 Å². The molecule has 2 heterocycles. The van der Waals surface area contributed by atoms with Gasteiger partial charge in [0.05, 0.1) is 23.9 Å². The molecule has 0 saturated heterocycles. The van der Waals surface area contributed by atoms with Crippen LogP contribution in [-0.2, 0) is 6.42 Å². The zero-order chi connectivity index (χ0) is 13.0. The number of hydrogen-bond donors (Lipinski definition) is 1. The van der Waals surface area contributed by atoms with E-state index < -0.39 is 0 Å². The van der Waals surface area contributed by atoms with Gasteiger partial charge in [0.15, 0.2) is 0 Å². The fourth-order valence-electron chi connectivity index (χ4n) is 1.62. The molecule has 1 amide bonds. The predicted molar refractivity (Wildman–Crippen MR) is 67.1 cm³/mol. The van der Waals surface area contributed by atoms with E-state index in [2.05, 4.69) is 9.97 Å². The van der Waals surface area contributed by atoms with Gasteiger partial charge >= 0.3 is 0 Å². The minimum absolute atomic E-state index is 0.129. The number of anilines is 1. The van der Waals surface area contributed by atoms with Gasteiger partial charge in [-0.15, -0.1) is 0 Å². The van der Waals surface area contributed by atoms with E-state index in [1.807, 2.05) is 12.1 Å². The van der Waals surface area contributed by atoms with Crippen LogP contribution in [0.25, 0.3) is 0 Å². The van der Waals surface area contributed by atoms with Crippen LogP contribution < -0.4 is 4.90 Å². The molecule has 2 aromatic heterocycles. The summed E-state index contributed by atoms with van der Waals surface area (Å²) in [6.45, 7) is 0. The quantitative estimate of drug-likeness (QED) is 0.888. The number of nitrogens with one attached hydrogen (secondary N) is 1. The highest BCUT2D eigenvalue weighted by Crippen LogP contribution is 2.14. The molecule has 1 N–H and O–H groups in total. The van der Waals surface area contributed by atoms with E-state index in [-0.39, 0.29) is 12.3 Å². The molecular formula is C13H12N4O. The van der Waals surface area contributed by atoms with Crippen LogP contribution in [-0.4, -0.2) is 22.9 Å². The van der Waals surface area contributed by atoms with Crippen LogP contribution in [0.1, 0.15) is 16.1 Å². The Morgan fingerprint density at radius 2 is 2.39 bits per heavy atom. The van der Waals surface area contributed by atoms with Gasteiger partial charge < -0.3 is 9.88 Å². The molecule has 0 unspecified atom stereocenters. The lowest BCUT2D eigenvalue weighted by Crippen LogP contribution is -2.25. The van der Waals surface area contributed by atoms with Crippen molar-refractivity contribution in [1.82, 2.24) is 9.97 Å². The first kappa shape index (κ1) is 11.9. The molecule has 0 aliphatic rings. The maximum absolute atomic E-state index is 12.2. The minimum Gasteiger partial charge on any atom is -0.366 e. The van der Waals surface area contributed by atoms with Crippen LogP contribution in [0.5, 0.6) is 0 Å². The van der Waals surface area contributed by atoms with Crippen molar-refractivity contribution in [3.8, 4) is 6.07 Å². The average molecular weight is 240 g/mol. The number of nitrogens with zero attached hydrogens (tertiary/aromatic N) is 3. The number of carbonyl (C=O) groups is 1. The maximum atomic E-state index is 12.2. The van der Waals surface area contributed by atoms with Crippen molar-refractivity contribution in [2.75, 3.05) is 11.9 Å². The second-order valence-corrected chi connectivity index (χ2v) is 3.80. The summed E-state index contributed by atoms with van der Waals surface area (Å²) in [6.07, 6.45) is 5.25. The molecular weight excluding hydrogens is 228 g/mol. The second kappa shape index (κ2) is 5.15. The van der Waals surface area contributed by atoms with Gasteiger partial charge in [-0.25, -0.2) is 0 Å². The monoisotopic (exact) mass is 240 g/mol. The summed E-state index contributed by atoms with van der Waals surface area (Å²) in [7, 11) is 1.70. The lowest BCUT2D eigenvalue weighted by molar-refractivity contribution is 0.0993. The normalized spacial score (nSPS) is 9.78. The average Bonchev–Trinajstić information content (AvgIpc) is 2.91. The highest BCUT2D eigenvalue weighted by Gasteiger charge is 2.14. The maximum Gasteiger partial charge on any atom is 0.258 e. The second-order valence-electron chi connectivity index (χ2n) is 3.80. The van der Waals surface area contributed by atoms with Gasteiger partial charge in [0, 0.05) is 31.2 Å². The molecule has 0 aliphatic heterocycles. The third-order valence-electron chi connectivity index (χ3n) is 2.60. The molecule has 0 spiro atoms. The molecule has 2 aromatic rings. The number of H-pyrrole nitrogens is 1. The van der Waals surface area contributed by atoms with E-state index in [0.29, 0.717) is 11.3 Å². The third-order valence-corrected chi connectivity index (χ3v) is 2.60. The van der Waals surface area contributed by atoms with E-state index in [0.717, 1.165) is 5.69 Å². The van der Waals surface area contributed by atoms with Crippen LogP contribution in [0.3, 0.4) is 0 Å². The molecule has 0 aliphatic carbocycles. The summed E-state index contributed by atoms with van der Waals surface area (Å²) in [5.41, 5.74) is 1.92. The summed E-state index contributed by atoms with van der Waals surface area (Å²) in [5.74, 6) is -0.129. The highest BCUT2D eigenvalue weighted by atomic mass is 16.2. The number of pyridine rings is 1. The number of aromatic amines is 1. The SMILES string of the molecule is CN(C(=O)c1ccnc(CC#N)c1)c1cc[nH]c1. The Morgan fingerprint density at radius 3 is 3.06 bits per heavy atom. The number of carbonyl (C=O) groups excluding carboxylic acids is 1. The van der Waals surface area contributed by atoms with E-state index in [9.17, 15) is 4.79 Å². The van der Waals surface area contributed by atoms with Gasteiger partial charge in [0.2, 0.25) is 0 Å². The van der Waals surface area contributed by atoms with Gasteiger partial charge in [-0.1, -0.05) is 0 Å². The number of hydrogen-bond acceptors (Lipinski definition) is 3. The minimum atomic E-state index is -0.129. The Morgan fingerprint density at radius 1 is 1.56 bits per heavy atom. The van der Waals surface area contributed by atoms with Crippen LogP contribution in [0, 0.1) is 11.3 Å². The Kier molecular flexibility index (Phi) is 3.39. The van der Waals surface area contributed by atoms with Crippen molar-refractivity contribution < 1.29 is 4.79 Å². The first-order chi connectivity index (χ1) is 8.72. The molecule has 0 fully saturated rings. The predicted octanol–water partition coefficient (Wildman–Crippen LogP) is 1.75. The zero-order valence-electron chi connectivity index (χ0n) is 9.92. The summed E-state index contributed by atoms with van der Waals surface area (Å²) in [5, 5.41) is 8.62. The van der Waals surface area contributed by atoms with E-state index in [1.165, 1.54) is 0 Å². The van der Waals surface area contributed by atoms with Crippen LogP contribution in [0.2, 0.25) is 0 Å². The van der Waals surface area contributed by atoms with E-state index in [4.69, 9.17) is 5.26 Å². The standard InChI is InChI=1S/C13H12N4O/c1-17(12-4-6-15-9-12)13(18)10-3-7-16-11(8-10)2-5-14/h3-4,6-9,15H,2H2,1H3. The van der Waals surface area contributed by atoms with Gasteiger partial charge in [0.1, 0.15) is 0 Å². The van der Waals surface area contributed by atoms with Crippen LogP contribution in [0.15, 0.2) is 36.8 Å². The number of aromatic nitrogens is 2. The molecule has 5 nitrogen and oxygen atoms in total. The number of rotatable bonds is 3. The molecule has 0 radical (unpaired) electrons. The molecule has 2 rings (SSSR count). The van der Waals surface area contributed by atoms with Gasteiger partial charge in [0.25, 0.3) is 5.91 Å². The molecule has 5 heteroatoms. The highest BCUT2D eigenvalue weighted by molar-refractivity contribution is 6.05.